The number of β-lactam (4-membered cyclic amide) rings is 1. The molecule has 2 atom stereocenters. The molecule has 0 radical (unpaired) electrons. The summed E-state index contributed by atoms with van der Waals surface area (Å²) in [6, 6.07) is 1.38. The maximum Gasteiger partial charge on any atom is 0.261 e. The first-order chi connectivity index (χ1) is 7.85. The van der Waals surface area contributed by atoms with Gasteiger partial charge in [0.1, 0.15) is 6.04 Å². The summed E-state index contributed by atoms with van der Waals surface area (Å²) < 4.78 is 31.5. The minimum Gasteiger partial charge on any atom is -0.401 e. The van der Waals surface area contributed by atoms with Gasteiger partial charge in [0, 0.05) is 0 Å². The number of nitrogens with one attached hydrogen (secondary N) is 1. The fourth-order valence-corrected chi connectivity index (χ4v) is 5.37. The first-order valence-corrected chi connectivity index (χ1v) is 8.67. The quantitative estimate of drug-likeness (QED) is 0.592. The summed E-state index contributed by atoms with van der Waals surface area (Å²) in [5.41, 5.74) is -1.33. The average molecular weight is 265 g/mol. The summed E-state index contributed by atoms with van der Waals surface area (Å²) in [5, 5.41) is 2.24. The maximum absolute atomic E-state index is 12.8. The van der Waals surface area contributed by atoms with Crippen LogP contribution in [-0.2, 0) is 9.22 Å². The van der Waals surface area contributed by atoms with E-state index in [-0.39, 0.29) is 0 Å². The molecule has 0 unspecified atom stereocenters. The van der Waals surface area contributed by atoms with Crippen molar-refractivity contribution in [2.24, 2.45) is 0 Å². The van der Waals surface area contributed by atoms with Gasteiger partial charge in [0.05, 0.1) is 0 Å². The summed E-state index contributed by atoms with van der Waals surface area (Å²) >= 11 is 0. The molecule has 0 bridgehead atoms. The number of alkyl halides is 2. The second-order valence-corrected chi connectivity index (χ2v) is 9.43. The lowest BCUT2D eigenvalue weighted by Gasteiger charge is -2.50. The van der Waals surface area contributed by atoms with Crippen molar-refractivity contribution in [2.45, 2.75) is 63.9 Å². The molecule has 1 N–H and O–H groups in total. The Morgan fingerprint density at radius 3 is 2.12 bits per heavy atom. The Morgan fingerprint density at radius 2 is 1.82 bits per heavy atom. The molecule has 1 fully saturated rings. The molecule has 0 spiro atoms. The van der Waals surface area contributed by atoms with E-state index in [1.165, 1.54) is 6.92 Å². The van der Waals surface area contributed by atoms with Crippen LogP contribution in [0.25, 0.3) is 0 Å². The van der Waals surface area contributed by atoms with Gasteiger partial charge in [-0.25, -0.2) is 8.78 Å². The third kappa shape index (κ3) is 2.38. The SMILES string of the molecule is CC[Si](CC)(CC)O[C@@]1(C)C(=O)N[C@H]1C(F)F. The van der Waals surface area contributed by atoms with Crippen molar-refractivity contribution >= 4 is 14.2 Å². The molecule has 1 heterocycles. The number of carbonyl (C=O) groups is 1. The van der Waals surface area contributed by atoms with Crippen molar-refractivity contribution in [2.75, 3.05) is 0 Å². The van der Waals surface area contributed by atoms with Gasteiger partial charge in [-0.1, -0.05) is 20.8 Å². The Kier molecular flexibility index (Phi) is 4.30. The van der Waals surface area contributed by atoms with Gasteiger partial charge in [-0.3, -0.25) is 4.79 Å². The Bertz CT molecular complexity index is 289. The lowest BCUT2D eigenvalue weighted by atomic mass is 9.87. The molecular weight excluding hydrogens is 244 g/mol. The van der Waals surface area contributed by atoms with Crippen molar-refractivity contribution in [3.8, 4) is 0 Å². The summed E-state index contributed by atoms with van der Waals surface area (Å²) in [6.45, 7) is 7.52. The van der Waals surface area contributed by atoms with E-state index in [1.54, 1.807) is 0 Å². The normalized spacial score (nSPS) is 29.1. The molecule has 1 rings (SSSR count). The molecule has 1 amide bonds. The van der Waals surface area contributed by atoms with Crippen molar-refractivity contribution in [3.63, 3.8) is 0 Å². The van der Waals surface area contributed by atoms with Gasteiger partial charge in [0.15, 0.2) is 13.9 Å². The number of hydrogen-bond acceptors (Lipinski definition) is 2. The lowest BCUT2D eigenvalue weighted by Crippen LogP contribution is -2.76. The Balaban J connectivity index is 2.87. The molecule has 0 saturated carbocycles. The van der Waals surface area contributed by atoms with Gasteiger partial charge in [0.25, 0.3) is 12.3 Å². The van der Waals surface area contributed by atoms with Crippen LogP contribution < -0.4 is 5.32 Å². The van der Waals surface area contributed by atoms with Crippen LogP contribution in [0.2, 0.25) is 18.1 Å². The van der Waals surface area contributed by atoms with Crippen LogP contribution in [0.15, 0.2) is 0 Å². The predicted octanol–water partition coefficient (Wildman–Crippen LogP) is 2.53. The number of halogens is 2. The van der Waals surface area contributed by atoms with Gasteiger partial charge in [0.2, 0.25) is 0 Å². The molecule has 3 nitrogen and oxygen atoms in total. The first-order valence-electron chi connectivity index (χ1n) is 6.14. The van der Waals surface area contributed by atoms with Crippen LogP contribution in [0.1, 0.15) is 27.7 Å². The summed E-state index contributed by atoms with van der Waals surface area (Å²) in [7, 11) is -2.05. The van der Waals surface area contributed by atoms with Gasteiger partial charge < -0.3 is 9.74 Å². The number of rotatable bonds is 6. The molecule has 1 aliphatic heterocycles. The molecule has 0 aromatic rings. The van der Waals surface area contributed by atoms with Crippen LogP contribution >= 0.6 is 0 Å². The first kappa shape index (κ1) is 14.6. The minimum atomic E-state index is -2.57. The highest BCUT2D eigenvalue weighted by atomic mass is 28.4. The highest BCUT2D eigenvalue weighted by Crippen LogP contribution is 2.36. The molecule has 1 saturated heterocycles. The second kappa shape index (κ2) is 5.02. The predicted molar refractivity (Wildman–Crippen MR) is 64.6 cm³/mol. The van der Waals surface area contributed by atoms with E-state index in [4.69, 9.17) is 4.43 Å². The van der Waals surface area contributed by atoms with E-state index in [9.17, 15) is 13.6 Å². The molecule has 0 aromatic heterocycles. The summed E-state index contributed by atoms with van der Waals surface area (Å²) in [5.74, 6) is -0.407. The molecule has 0 aliphatic carbocycles. The molecule has 1 aliphatic rings. The number of hydrogen-bond donors (Lipinski definition) is 1. The molecule has 6 heteroatoms. The van der Waals surface area contributed by atoms with Crippen LogP contribution in [0.3, 0.4) is 0 Å². The monoisotopic (exact) mass is 265 g/mol. The van der Waals surface area contributed by atoms with E-state index in [0.29, 0.717) is 0 Å². The van der Waals surface area contributed by atoms with Gasteiger partial charge >= 0.3 is 0 Å². The van der Waals surface area contributed by atoms with Crippen molar-refractivity contribution in [1.29, 1.82) is 0 Å². The Labute approximate surface area is 102 Å². The molecule has 0 aromatic carbocycles. The van der Waals surface area contributed by atoms with E-state index < -0.39 is 32.3 Å². The maximum atomic E-state index is 12.8. The zero-order valence-electron chi connectivity index (χ0n) is 10.8. The van der Waals surface area contributed by atoms with E-state index in [1.807, 2.05) is 20.8 Å². The fraction of sp³-hybridized carbons (Fsp3) is 0.909. The zero-order valence-corrected chi connectivity index (χ0v) is 11.8. The average Bonchev–Trinajstić information content (AvgIpc) is 2.32. The third-order valence-corrected chi connectivity index (χ3v) is 8.67. The minimum absolute atomic E-state index is 0.407. The smallest absolute Gasteiger partial charge is 0.261 e. The van der Waals surface area contributed by atoms with Crippen LogP contribution in [0, 0.1) is 0 Å². The summed E-state index contributed by atoms with van der Waals surface area (Å²) in [4.78, 5) is 11.5. The van der Waals surface area contributed by atoms with E-state index in [0.717, 1.165) is 18.1 Å². The third-order valence-electron chi connectivity index (χ3n) is 3.94. The Hall–Kier alpha value is -0.493. The van der Waals surface area contributed by atoms with E-state index in [2.05, 4.69) is 5.32 Å². The lowest BCUT2D eigenvalue weighted by molar-refractivity contribution is -0.165. The second-order valence-electron chi connectivity index (χ2n) is 4.74. The van der Waals surface area contributed by atoms with Crippen LogP contribution in [0.4, 0.5) is 8.78 Å². The molecule has 100 valence electrons. The van der Waals surface area contributed by atoms with Crippen molar-refractivity contribution in [3.05, 3.63) is 0 Å². The molecular formula is C11H21F2NO2Si. The van der Waals surface area contributed by atoms with E-state index >= 15 is 0 Å². The van der Waals surface area contributed by atoms with Gasteiger partial charge in [-0.2, -0.15) is 0 Å². The number of amides is 1. The van der Waals surface area contributed by atoms with Gasteiger partial charge in [-0.15, -0.1) is 0 Å². The van der Waals surface area contributed by atoms with Gasteiger partial charge in [-0.05, 0) is 25.1 Å². The summed E-state index contributed by atoms with van der Waals surface area (Å²) in [6.07, 6.45) is -2.57. The fourth-order valence-electron chi connectivity index (χ4n) is 2.32. The topological polar surface area (TPSA) is 38.3 Å². The highest BCUT2D eigenvalue weighted by Gasteiger charge is 2.59. The van der Waals surface area contributed by atoms with Crippen LogP contribution in [0.5, 0.6) is 0 Å². The standard InChI is InChI=1S/C11H21F2NO2Si/c1-5-17(6-2,7-3)16-11(4)8(9(12)13)14-10(11)15/h8-9H,5-7H2,1-4H3,(H,14,15)/t8-,11+/m0/s1. The largest absolute Gasteiger partial charge is 0.401 e. The molecule has 17 heavy (non-hydrogen) atoms. The highest BCUT2D eigenvalue weighted by molar-refractivity contribution is 6.73. The van der Waals surface area contributed by atoms with Crippen molar-refractivity contribution in [1.82, 2.24) is 5.32 Å². The van der Waals surface area contributed by atoms with Crippen LogP contribution in [-0.4, -0.2) is 32.3 Å². The Morgan fingerprint density at radius 1 is 1.35 bits per heavy atom. The zero-order chi connectivity index (χ0) is 13.3. The van der Waals surface area contributed by atoms with Crippen molar-refractivity contribution < 1.29 is 18.0 Å². The number of carbonyl (C=O) groups excluding carboxylic acids is 1.